The first-order valence-electron chi connectivity index (χ1n) is 8.32. The van der Waals surface area contributed by atoms with Crippen LogP contribution in [0.15, 0.2) is 30.3 Å². The van der Waals surface area contributed by atoms with Crippen LogP contribution >= 0.6 is 0 Å². The maximum atomic E-state index is 10.5. The molecule has 0 radical (unpaired) electrons. The molecular formula is C19H30O. The minimum absolute atomic E-state index is 0.464. The van der Waals surface area contributed by atoms with E-state index in [-0.39, 0.29) is 0 Å². The first-order valence-corrected chi connectivity index (χ1v) is 8.32. The third kappa shape index (κ3) is 9.77. The molecule has 0 aliphatic heterocycles. The van der Waals surface area contributed by atoms with E-state index in [1.165, 1.54) is 50.5 Å². The van der Waals surface area contributed by atoms with Crippen molar-refractivity contribution in [1.82, 2.24) is 0 Å². The average Bonchev–Trinajstić information content (AvgIpc) is 2.52. The minimum atomic E-state index is 0.464. The summed E-state index contributed by atoms with van der Waals surface area (Å²) >= 11 is 0. The van der Waals surface area contributed by atoms with Crippen LogP contribution in [0, 0.1) is 6.92 Å². The van der Waals surface area contributed by atoms with Crippen molar-refractivity contribution in [3.05, 3.63) is 35.9 Å². The van der Waals surface area contributed by atoms with Crippen molar-refractivity contribution in [3.63, 3.8) is 0 Å². The zero-order chi connectivity index (χ0) is 14.5. The Morgan fingerprint density at radius 1 is 0.650 bits per heavy atom. The fourth-order valence-electron chi connectivity index (χ4n) is 2.54. The molecule has 2 aliphatic rings. The summed E-state index contributed by atoms with van der Waals surface area (Å²) in [5.74, 6) is 0.464. The Morgan fingerprint density at radius 2 is 1.05 bits per heavy atom. The molecular weight excluding hydrogens is 244 g/mol. The highest BCUT2D eigenvalue weighted by atomic mass is 16.1. The highest BCUT2D eigenvalue weighted by molar-refractivity contribution is 5.78. The van der Waals surface area contributed by atoms with Crippen molar-refractivity contribution in [3.8, 4) is 0 Å². The van der Waals surface area contributed by atoms with Crippen LogP contribution in [-0.2, 0) is 4.79 Å². The van der Waals surface area contributed by atoms with Gasteiger partial charge in [0.1, 0.15) is 5.78 Å². The van der Waals surface area contributed by atoms with E-state index in [9.17, 15) is 4.79 Å². The van der Waals surface area contributed by atoms with E-state index in [1.54, 1.807) is 0 Å². The summed E-state index contributed by atoms with van der Waals surface area (Å²) in [5, 5.41) is 0. The number of hydrogen-bond acceptors (Lipinski definition) is 1. The molecule has 0 N–H and O–H groups in total. The molecule has 0 saturated heterocycles. The van der Waals surface area contributed by atoms with Crippen molar-refractivity contribution < 1.29 is 4.79 Å². The van der Waals surface area contributed by atoms with Gasteiger partial charge in [-0.1, -0.05) is 80.8 Å². The van der Waals surface area contributed by atoms with Crippen LogP contribution in [0.1, 0.15) is 76.2 Å². The lowest BCUT2D eigenvalue weighted by molar-refractivity contribution is -0.120. The number of aryl methyl sites for hydroxylation is 1. The first kappa shape index (κ1) is 16.9. The zero-order valence-electron chi connectivity index (χ0n) is 13.1. The number of rotatable bonds is 0. The van der Waals surface area contributed by atoms with Crippen molar-refractivity contribution in [2.75, 3.05) is 0 Å². The molecule has 0 amide bonds. The van der Waals surface area contributed by atoms with E-state index >= 15 is 0 Å². The lowest BCUT2D eigenvalue weighted by Crippen LogP contribution is -2.02. The van der Waals surface area contributed by atoms with Gasteiger partial charge in [0, 0.05) is 12.8 Å². The molecule has 0 atom stereocenters. The third-order valence-corrected chi connectivity index (χ3v) is 3.85. The van der Waals surface area contributed by atoms with E-state index in [0.29, 0.717) is 5.78 Å². The second-order valence-corrected chi connectivity index (χ2v) is 5.88. The van der Waals surface area contributed by atoms with Crippen LogP contribution in [-0.4, -0.2) is 5.78 Å². The Bertz CT molecular complexity index is 319. The number of carbonyl (C=O) groups is 1. The highest BCUT2D eigenvalue weighted by Gasteiger charge is 2.05. The molecule has 1 heteroatoms. The van der Waals surface area contributed by atoms with Gasteiger partial charge < -0.3 is 0 Å². The number of hydrogen-bond donors (Lipinski definition) is 0. The van der Waals surface area contributed by atoms with E-state index < -0.39 is 0 Å². The van der Waals surface area contributed by atoms with Gasteiger partial charge in [-0.15, -0.1) is 0 Å². The van der Waals surface area contributed by atoms with Gasteiger partial charge >= 0.3 is 0 Å². The second-order valence-electron chi connectivity index (χ2n) is 5.88. The monoisotopic (exact) mass is 274 g/mol. The van der Waals surface area contributed by atoms with Gasteiger partial charge in [-0.05, 0) is 19.8 Å². The van der Waals surface area contributed by atoms with Crippen LogP contribution < -0.4 is 0 Å². The third-order valence-electron chi connectivity index (χ3n) is 3.85. The topological polar surface area (TPSA) is 17.1 Å². The minimum Gasteiger partial charge on any atom is -0.300 e. The number of Topliss-reactive ketones (excluding diaryl/α,β-unsaturated/α-hetero) is 1. The van der Waals surface area contributed by atoms with E-state index in [2.05, 4.69) is 19.1 Å². The SMILES string of the molecule is C1CCCCC1.Cc1ccccc1.O=C1CCCCC1. The van der Waals surface area contributed by atoms with E-state index in [4.69, 9.17) is 0 Å². The van der Waals surface area contributed by atoms with E-state index in [1.807, 2.05) is 18.2 Å². The molecule has 2 fully saturated rings. The molecule has 1 aromatic rings. The molecule has 1 nitrogen and oxygen atoms in total. The molecule has 2 aliphatic carbocycles. The van der Waals surface area contributed by atoms with Crippen LogP contribution in [0.25, 0.3) is 0 Å². The van der Waals surface area contributed by atoms with Crippen molar-refractivity contribution in [2.24, 2.45) is 0 Å². The average molecular weight is 274 g/mol. The van der Waals surface area contributed by atoms with Gasteiger partial charge in [0.25, 0.3) is 0 Å². The predicted molar refractivity (Wildman–Crippen MR) is 87.0 cm³/mol. The Labute approximate surface area is 124 Å². The quantitative estimate of drug-likeness (QED) is 0.579. The van der Waals surface area contributed by atoms with Crippen LogP contribution in [0.4, 0.5) is 0 Å². The van der Waals surface area contributed by atoms with Crippen LogP contribution in [0.3, 0.4) is 0 Å². The molecule has 0 unspecified atom stereocenters. The van der Waals surface area contributed by atoms with Crippen LogP contribution in [0.5, 0.6) is 0 Å². The Balaban J connectivity index is 0.000000151. The van der Waals surface area contributed by atoms with Gasteiger partial charge in [-0.3, -0.25) is 4.79 Å². The number of ketones is 1. The van der Waals surface area contributed by atoms with E-state index in [0.717, 1.165) is 25.7 Å². The summed E-state index contributed by atoms with van der Waals surface area (Å²) in [6, 6.07) is 10.3. The molecule has 2 saturated carbocycles. The second kappa shape index (κ2) is 11.7. The first-order chi connectivity index (χ1) is 9.79. The van der Waals surface area contributed by atoms with Gasteiger partial charge in [-0.2, -0.15) is 0 Å². The summed E-state index contributed by atoms with van der Waals surface area (Å²) in [6.45, 7) is 2.08. The zero-order valence-corrected chi connectivity index (χ0v) is 13.1. The maximum Gasteiger partial charge on any atom is 0.132 e. The fraction of sp³-hybridized carbons (Fsp3) is 0.632. The van der Waals surface area contributed by atoms with Gasteiger partial charge in [-0.25, -0.2) is 0 Å². The molecule has 0 aromatic heterocycles. The van der Waals surface area contributed by atoms with Gasteiger partial charge in [0.05, 0.1) is 0 Å². The highest BCUT2D eigenvalue weighted by Crippen LogP contribution is 2.15. The molecule has 20 heavy (non-hydrogen) atoms. The van der Waals surface area contributed by atoms with Crippen molar-refractivity contribution in [2.45, 2.75) is 77.6 Å². The van der Waals surface area contributed by atoms with Crippen molar-refractivity contribution >= 4 is 5.78 Å². The summed E-state index contributed by atoms with van der Waals surface area (Å²) in [6.07, 6.45) is 14.2. The smallest absolute Gasteiger partial charge is 0.132 e. The lowest BCUT2D eigenvalue weighted by Gasteiger charge is -2.05. The largest absolute Gasteiger partial charge is 0.300 e. The van der Waals surface area contributed by atoms with Gasteiger partial charge in [0.15, 0.2) is 0 Å². The standard InChI is InChI=1S/C7H8.C6H10O.C6H12/c1-7-5-3-2-4-6-7;7-6-4-2-1-3-5-6;1-2-4-6-5-3-1/h2-6H,1H3;1-5H2;1-6H2. The number of benzene rings is 1. The summed E-state index contributed by atoms with van der Waals surface area (Å²) < 4.78 is 0. The molecule has 3 rings (SSSR count). The lowest BCUT2D eigenvalue weighted by atomic mass is 10.00. The molecule has 1 aromatic carbocycles. The van der Waals surface area contributed by atoms with Crippen LogP contribution in [0.2, 0.25) is 0 Å². The summed E-state index contributed by atoms with van der Waals surface area (Å²) in [5.41, 5.74) is 1.32. The normalized spacial score (nSPS) is 18.1. The molecule has 0 spiro atoms. The molecule has 0 heterocycles. The molecule has 112 valence electrons. The Hall–Kier alpha value is -1.11. The summed E-state index contributed by atoms with van der Waals surface area (Å²) in [4.78, 5) is 10.5. The predicted octanol–water partition coefficient (Wildman–Crippen LogP) is 5.86. The Kier molecular flexibility index (Phi) is 9.91. The fourth-order valence-corrected chi connectivity index (χ4v) is 2.54. The van der Waals surface area contributed by atoms with Crippen molar-refractivity contribution in [1.29, 1.82) is 0 Å². The maximum absolute atomic E-state index is 10.5. The summed E-state index contributed by atoms with van der Waals surface area (Å²) in [7, 11) is 0. The molecule has 0 bridgehead atoms. The van der Waals surface area contributed by atoms with Gasteiger partial charge in [0.2, 0.25) is 0 Å². The Morgan fingerprint density at radius 3 is 1.30 bits per heavy atom. The number of carbonyl (C=O) groups excluding carboxylic acids is 1.